The number of rotatable bonds is 3. The van der Waals surface area contributed by atoms with Gasteiger partial charge in [0.05, 0.1) is 7.11 Å². The quantitative estimate of drug-likeness (QED) is 0.858. The molecule has 1 fully saturated rings. The highest BCUT2D eigenvalue weighted by Gasteiger charge is 2.32. The van der Waals surface area contributed by atoms with Crippen LogP contribution in [0.5, 0.6) is 11.5 Å². The van der Waals surface area contributed by atoms with Crippen molar-refractivity contribution in [2.45, 2.75) is 12.5 Å². The first-order valence-electron chi connectivity index (χ1n) is 6.03. The minimum Gasteiger partial charge on any atom is -0.505 e. The average Bonchev–Trinajstić information content (AvgIpc) is 2.74. The molecule has 3 N–H and O–H groups in total. The highest BCUT2D eigenvalue weighted by Crippen LogP contribution is 2.39. The van der Waals surface area contributed by atoms with Crippen LogP contribution >= 0.6 is 0 Å². The van der Waals surface area contributed by atoms with Crippen LogP contribution in [-0.4, -0.2) is 37.3 Å². The van der Waals surface area contributed by atoms with Crippen molar-refractivity contribution in [2.24, 2.45) is 11.7 Å². The number of methoxy groups -OCH3 is 1. The molecular weight excluding hydrogens is 235 g/mol. The Morgan fingerprint density at radius 1 is 1.56 bits per heavy atom. The summed E-state index contributed by atoms with van der Waals surface area (Å²) in [7, 11) is 3.44. The van der Waals surface area contributed by atoms with E-state index < -0.39 is 5.82 Å². The molecule has 1 aliphatic rings. The van der Waals surface area contributed by atoms with Crippen LogP contribution in [0.4, 0.5) is 4.39 Å². The Morgan fingerprint density at radius 2 is 2.28 bits per heavy atom. The molecule has 0 amide bonds. The van der Waals surface area contributed by atoms with Crippen molar-refractivity contribution in [2.75, 3.05) is 27.2 Å². The topological polar surface area (TPSA) is 58.7 Å². The third kappa shape index (κ3) is 2.28. The molecule has 1 aromatic rings. The zero-order valence-corrected chi connectivity index (χ0v) is 10.7. The maximum Gasteiger partial charge on any atom is 0.169 e. The second kappa shape index (κ2) is 5.12. The van der Waals surface area contributed by atoms with Crippen LogP contribution in [0.15, 0.2) is 12.1 Å². The molecule has 2 rings (SSSR count). The lowest BCUT2D eigenvalue weighted by atomic mass is 9.99. The number of halogens is 1. The van der Waals surface area contributed by atoms with E-state index in [9.17, 15) is 9.50 Å². The third-order valence-corrected chi connectivity index (χ3v) is 3.62. The maximum atomic E-state index is 14.0. The van der Waals surface area contributed by atoms with Gasteiger partial charge in [-0.2, -0.15) is 0 Å². The van der Waals surface area contributed by atoms with Gasteiger partial charge in [0.1, 0.15) is 5.75 Å². The summed E-state index contributed by atoms with van der Waals surface area (Å²) in [6, 6.07) is 2.88. The van der Waals surface area contributed by atoms with E-state index in [-0.39, 0.29) is 11.8 Å². The number of phenols is 1. The molecule has 5 heteroatoms. The number of ether oxygens (including phenoxy) is 1. The first kappa shape index (κ1) is 13.1. The van der Waals surface area contributed by atoms with Gasteiger partial charge in [0.25, 0.3) is 0 Å². The lowest BCUT2D eigenvalue weighted by molar-refractivity contribution is 0.301. The van der Waals surface area contributed by atoms with Crippen LogP contribution in [0.2, 0.25) is 0 Å². The first-order chi connectivity index (χ1) is 8.56. The van der Waals surface area contributed by atoms with Gasteiger partial charge in [-0.25, -0.2) is 4.39 Å². The molecular formula is C13H19FN2O2. The number of hydrogen-bond donors (Lipinski definition) is 2. The van der Waals surface area contributed by atoms with Gasteiger partial charge in [-0.3, -0.25) is 4.90 Å². The summed E-state index contributed by atoms with van der Waals surface area (Å²) in [6.07, 6.45) is 0.802. The molecule has 0 saturated carbocycles. The molecule has 0 aromatic heterocycles. The largest absolute Gasteiger partial charge is 0.505 e. The highest BCUT2D eigenvalue weighted by atomic mass is 19.1. The fourth-order valence-corrected chi connectivity index (χ4v) is 2.60. The first-order valence-corrected chi connectivity index (χ1v) is 6.03. The van der Waals surface area contributed by atoms with Crippen molar-refractivity contribution in [1.29, 1.82) is 0 Å². The fraction of sp³-hybridized carbons (Fsp3) is 0.538. The summed E-state index contributed by atoms with van der Waals surface area (Å²) < 4.78 is 19.1. The summed E-state index contributed by atoms with van der Waals surface area (Å²) in [5.41, 5.74) is 6.14. The summed E-state index contributed by atoms with van der Waals surface area (Å²) in [4.78, 5) is 2.06. The van der Waals surface area contributed by atoms with Crippen LogP contribution < -0.4 is 10.5 Å². The van der Waals surface area contributed by atoms with E-state index in [1.54, 1.807) is 6.07 Å². The summed E-state index contributed by atoms with van der Waals surface area (Å²) in [5, 5.41) is 9.58. The fourth-order valence-electron chi connectivity index (χ4n) is 2.60. The third-order valence-electron chi connectivity index (χ3n) is 3.62. The zero-order valence-electron chi connectivity index (χ0n) is 10.7. The van der Waals surface area contributed by atoms with Crippen LogP contribution in [0.25, 0.3) is 0 Å². The van der Waals surface area contributed by atoms with Gasteiger partial charge in [-0.15, -0.1) is 0 Å². The van der Waals surface area contributed by atoms with Gasteiger partial charge in [-0.05, 0) is 32.0 Å². The van der Waals surface area contributed by atoms with Gasteiger partial charge >= 0.3 is 0 Å². The van der Waals surface area contributed by atoms with Crippen molar-refractivity contribution >= 4 is 0 Å². The van der Waals surface area contributed by atoms with Crippen molar-refractivity contribution in [3.63, 3.8) is 0 Å². The van der Waals surface area contributed by atoms with Gasteiger partial charge in [0.2, 0.25) is 0 Å². The van der Waals surface area contributed by atoms with Crippen molar-refractivity contribution in [1.82, 2.24) is 4.90 Å². The Hall–Kier alpha value is -1.33. The molecule has 0 aliphatic carbocycles. The second-order valence-electron chi connectivity index (χ2n) is 4.84. The molecule has 0 spiro atoms. The SMILES string of the molecule is COc1cc(O)c(F)c(C2CC(CN)CN2C)c1. The predicted molar refractivity (Wildman–Crippen MR) is 67.1 cm³/mol. The van der Waals surface area contributed by atoms with Crippen LogP contribution in [0.3, 0.4) is 0 Å². The lowest BCUT2D eigenvalue weighted by Gasteiger charge is -2.21. The van der Waals surface area contributed by atoms with Crippen molar-refractivity contribution < 1.29 is 14.2 Å². The van der Waals surface area contributed by atoms with Gasteiger partial charge < -0.3 is 15.6 Å². The predicted octanol–water partition coefficient (Wildman–Crippen LogP) is 1.49. The molecule has 1 heterocycles. The van der Waals surface area contributed by atoms with Gasteiger partial charge in [-0.1, -0.05) is 0 Å². The van der Waals surface area contributed by atoms with E-state index >= 15 is 0 Å². The summed E-state index contributed by atoms with van der Waals surface area (Å²) in [5.74, 6) is -0.0967. The zero-order chi connectivity index (χ0) is 13.3. The van der Waals surface area contributed by atoms with Crippen molar-refractivity contribution in [3.05, 3.63) is 23.5 Å². The maximum absolute atomic E-state index is 14.0. The normalized spacial score (nSPS) is 24.4. The standard InChI is InChI=1S/C13H19FN2O2/c1-16-7-8(6-15)3-11(16)10-4-9(18-2)5-12(17)13(10)14/h4-5,8,11,17H,3,6-7,15H2,1-2H3. The van der Waals surface area contributed by atoms with Crippen LogP contribution in [-0.2, 0) is 0 Å². The number of aromatic hydroxyl groups is 1. The van der Waals surface area contributed by atoms with Crippen molar-refractivity contribution in [3.8, 4) is 11.5 Å². The number of likely N-dealkylation sites (tertiary alicyclic amines) is 1. The number of nitrogens with zero attached hydrogens (tertiary/aromatic N) is 1. The van der Waals surface area contributed by atoms with E-state index in [1.165, 1.54) is 13.2 Å². The molecule has 1 aliphatic heterocycles. The van der Waals surface area contributed by atoms with E-state index in [2.05, 4.69) is 4.90 Å². The van der Waals surface area contributed by atoms with E-state index in [1.807, 2.05) is 7.05 Å². The molecule has 0 radical (unpaired) electrons. The van der Waals surface area contributed by atoms with Gasteiger partial charge in [0, 0.05) is 24.2 Å². The van der Waals surface area contributed by atoms with Crippen LogP contribution in [0.1, 0.15) is 18.0 Å². The number of hydrogen-bond acceptors (Lipinski definition) is 4. The Morgan fingerprint density at radius 3 is 2.83 bits per heavy atom. The Bertz CT molecular complexity index is 439. The Balaban J connectivity index is 2.35. The molecule has 100 valence electrons. The Kier molecular flexibility index (Phi) is 3.73. The molecule has 0 bridgehead atoms. The molecule has 1 aromatic carbocycles. The summed E-state index contributed by atoms with van der Waals surface area (Å²) in [6.45, 7) is 1.44. The van der Waals surface area contributed by atoms with E-state index in [4.69, 9.17) is 10.5 Å². The molecule has 18 heavy (non-hydrogen) atoms. The summed E-state index contributed by atoms with van der Waals surface area (Å²) >= 11 is 0. The minimum absolute atomic E-state index is 0.0560. The molecule has 2 atom stereocenters. The van der Waals surface area contributed by atoms with Gasteiger partial charge in [0.15, 0.2) is 11.6 Å². The highest BCUT2D eigenvalue weighted by molar-refractivity contribution is 5.41. The number of benzene rings is 1. The Labute approximate surface area is 106 Å². The number of nitrogens with two attached hydrogens (primary N) is 1. The average molecular weight is 254 g/mol. The van der Waals surface area contributed by atoms with E-state index in [0.717, 1.165) is 13.0 Å². The molecule has 4 nitrogen and oxygen atoms in total. The monoisotopic (exact) mass is 254 g/mol. The van der Waals surface area contributed by atoms with Crippen LogP contribution in [0, 0.1) is 11.7 Å². The minimum atomic E-state index is -0.565. The van der Waals surface area contributed by atoms with E-state index in [0.29, 0.717) is 23.8 Å². The number of phenolic OH excluding ortho intramolecular Hbond substituents is 1. The second-order valence-corrected chi connectivity index (χ2v) is 4.84. The molecule has 2 unspecified atom stereocenters. The lowest BCUT2D eigenvalue weighted by Crippen LogP contribution is -2.21. The molecule has 1 saturated heterocycles. The smallest absolute Gasteiger partial charge is 0.169 e.